The number of nitro groups is 1. The number of nitro benzene ring substituents is 1. The lowest BCUT2D eigenvalue weighted by Gasteiger charge is -2.36. The smallest absolute Gasteiger partial charge is 0.336 e. The number of nitrogens with one attached hydrogen (secondary N) is 1. The molecule has 10 heteroatoms. The summed E-state index contributed by atoms with van der Waals surface area (Å²) < 4.78 is 10.7. The fraction of sp³-hybridized carbons (Fsp3) is 0.357. The van der Waals surface area contributed by atoms with E-state index in [1.807, 2.05) is 18.2 Å². The van der Waals surface area contributed by atoms with E-state index in [9.17, 15) is 19.7 Å². The standard InChI is InChI=1S/C28H32N4O6/c1-19-24(27(33)37-3)26(22-11-7-8-12-23(22)32(35)36)25(20(2)29-19)28(34)38-18-17-30-13-15-31(16-14-30)21-9-5-4-6-10-21/h4-12,26,29H,13-18H2,1-3H3. The number of para-hydroxylation sites is 2. The minimum absolute atomic E-state index is 0.136. The van der Waals surface area contributed by atoms with Gasteiger partial charge >= 0.3 is 11.9 Å². The maximum absolute atomic E-state index is 13.4. The number of nitrogens with zero attached hydrogens (tertiary/aromatic N) is 3. The predicted molar refractivity (Wildman–Crippen MR) is 142 cm³/mol. The Morgan fingerprint density at radius 3 is 2.18 bits per heavy atom. The van der Waals surface area contributed by atoms with E-state index < -0.39 is 22.8 Å². The van der Waals surface area contributed by atoms with Crippen LogP contribution in [0, 0.1) is 10.1 Å². The molecular formula is C28H32N4O6. The van der Waals surface area contributed by atoms with Crippen molar-refractivity contribution < 1.29 is 24.0 Å². The van der Waals surface area contributed by atoms with Crippen LogP contribution >= 0.6 is 0 Å². The van der Waals surface area contributed by atoms with Gasteiger partial charge in [0.15, 0.2) is 0 Å². The van der Waals surface area contributed by atoms with Gasteiger partial charge in [0.1, 0.15) is 6.61 Å². The van der Waals surface area contributed by atoms with Crippen LogP contribution in [0.15, 0.2) is 77.1 Å². The van der Waals surface area contributed by atoms with Gasteiger partial charge in [-0.15, -0.1) is 0 Å². The highest BCUT2D eigenvalue weighted by Crippen LogP contribution is 2.42. The second kappa shape index (κ2) is 11.9. The maximum Gasteiger partial charge on any atom is 0.336 e. The molecule has 0 aliphatic carbocycles. The molecule has 2 aromatic carbocycles. The van der Waals surface area contributed by atoms with Gasteiger partial charge in [-0.3, -0.25) is 15.0 Å². The van der Waals surface area contributed by atoms with E-state index in [2.05, 4.69) is 27.2 Å². The molecule has 1 N–H and O–H groups in total. The van der Waals surface area contributed by atoms with Gasteiger partial charge in [-0.2, -0.15) is 0 Å². The summed E-state index contributed by atoms with van der Waals surface area (Å²) in [4.78, 5) is 42.1. The normalized spacial score (nSPS) is 18.2. The number of carbonyl (C=O) groups excluding carboxylic acids is 2. The highest BCUT2D eigenvalue weighted by atomic mass is 16.6. The van der Waals surface area contributed by atoms with Crippen molar-refractivity contribution in [1.29, 1.82) is 0 Å². The first-order valence-corrected chi connectivity index (χ1v) is 12.5. The molecule has 2 aliphatic rings. The van der Waals surface area contributed by atoms with Crippen molar-refractivity contribution in [2.45, 2.75) is 19.8 Å². The van der Waals surface area contributed by atoms with Crippen molar-refractivity contribution >= 4 is 23.3 Å². The van der Waals surface area contributed by atoms with E-state index in [4.69, 9.17) is 9.47 Å². The Labute approximate surface area is 221 Å². The van der Waals surface area contributed by atoms with Crippen LogP contribution in [0.2, 0.25) is 0 Å². The van der Waals surface area contributed by atoms with Gasteiger partial charge in [0.25, 0.3) is 5.69 Å². The lowest BCUT2D eigenvalue weighted by Crippen LogP contribution is -2.47. The van der Waals surface area contributed by atoms with Crippen molar-refractivity contribution in [3.05, 3.63) is 92.8 Å². The van der Waals surface area contributed by atoms with Gasteiger partial charge < -0.3 is 19.7 Å². The zero-order valence-electron chi connectivity index (χ0n) is 21.8. The van der Waals surface area contributed by atoms with Crippen LogP contribution in [-0.2, 0) is 19.1 Å². The van der Waals surface area contributed by atoms with Crippen LogP contribution in [0.3, 0.4) is 0 Å². The minimum Gasteiger partial charge on any atom is -0.466 e. The molecule has 0 bridgehead atoms. The van der Waals surface area contributed by atoms with Gasteiger partial charge in [0, 0.05) is 61.4 Å². The zero-order chi connectivity index (χ0) is 27.2. The van der Waals surface area contributed by atoms with E-state index in [0.29, 0.717) is 17.9 Å². The molecule has 1 saturated heterocycles. The highest BCUT2D eigenvalue weighted by molar-refractivity contribution is 6.00. The summed E-state index contributed by atoms with van der Waals surface area (Å²) in [6.45, 7) is 7.50. The lowest BCUT2D eigenvalue weighted by atomic mass is 9.79. The van der Waals surface area contributed by atoms with Crippen LogP contribution in [-0.4, -0.2) is 68.2 Å². The van der Waals surface area contributed by atoms with Gasteiger partial charge in [0.2, 0.25) is 0 Å². The van der Waals surface area contributed by atoms with Crippen molar-refractivity contribution in [3.8, 4) is 0 Å². The Hall–Kier alpha value is -4.18. The second-order valence-electron chi connectivity index (χ2n) is 9.24. The molecule has 1 unspecified atom stereocenters. The Morgan fingerprint density at radius 2 is 1.55 bits per heavy atom. The number of hydrogen-bond donors (Lipinski definition) is 1. The van der Waals surface area contributed by atoms with Crippen LogP contribution in [0.4, 0.5) is 11.4 Å². The summed E-state index contributed by atoms with van der Waals surface area (Å²) in [6.07, 6.45) is 0. The number of esters is 2. The van der Waals surface area contributed by atoms with Crippen LogP contribution in [0.25, 0.3) is 0 Å². The summed E-state index contributed by atoms with van der Waals surface area (Å²) in [7, 11) is 1.24. The SMILES string of the molecule is COC(=O)C1=C(C)NC(C)=C(C(=O)OCCN2CCN(c3ccccc3)CC2)C1c1ccccc1[N+](=O)[O-]. The molecule has 10 nitrogen and oxygen atoms in total. The van der Waals surface area contributed by atoms with Gasteiger partial charge in [0.05, 0.1) is 29.1 Å². The number of dihydropyridines is 1. The third kappa shape index (κ3) is 5.70. The average Bonchev–Trinajstić information content (AvgIpc) is 2.93. The maximum atomic E-state index is 13.4. The largest absolute Gasteiger partial charge is 0.466 e. The number of ether oxygens (including phenoxy) is 2. The molecule has 2 aliphatic heterocycles. The number of hydrogen-bond acceptors (Lipinski definition) is 9. The quantitative estimate of drug-likeness (QED) is 0.318. The lowest BCUT2D eigenvalue weighted by molar-refractivity contribution is -0.385. The van der Waals surface area contributed by atoms with Gasteiger partial charge in [-0.1, -0.05) is 36.4 Å². The number of anilines is 1. The summed E-state index contributed by atoms with van der Waals surface area (Å²) in [5.74, 6) is -2.31. The summed E-state index contributed by atoms with van der Waals surface area (Å²) in [6, 6.07) is 16.3. The van der Waals surface area contributed by atoms with Crippen molar-refractivity contribution in [3.63, 3.8) is 0 Å². The topological polar surface area (TPSA) is 114 Å². The first kappa shape index (κ1) is 26.9. The van der Waals surface area contributed by atoms with Crippen molar-refractivity contribution in [2.75, 3.05) is 51.3 Å². The molecule has 0 aromatic heterocycles. The Balaban J connectivity index is 1.48. The molecule has 0 spiro atoms. The summed E-state index contributed by atoms with van der Waals surface area (Å²) >= 11 is 0. The predicted octanol–water partition coefficient (Wildman–Crippen LogP) is 3.37. The first-order chi connectivity index (χ1) is 18.3. The monoisotopic (exact) mass is 520 g/mol. The molecule has 0 saturated carbocycles. The Kier molecular flexibility index (Phi) is 8.42. The van der Waals surface area contributed by atoms with E-state index >= 15 is 0 Å². The molecule has 0 radical (unpaired) electrons. The molecule has 1 fully saturated rings. The van der Waals surface area contributed by atoms with Crippen molar-refractivity contribution in [2.24, 2.45) is 0 Å². The molecular weight excluding hydrogens is 488 g/mol. The van der Waals surface area contributed by atoms with Gasteiger partial charge in [-0.25, -0.2) is 9.59 Å². The molecule has 1 atom stereocenters. The van der Waals surface area contributed by atoms with E-state index in [1.54, 1.807) is 32.0 Å². The van der Waals surface area contributed by atoms with Crippen LogP contribution in [0.5, 0.6) is 0 Å². The third-order valence-corrected chi connectivity index (χ3v) is 6.96. The zero-order valence-corrected chi connectivity index (χ0v) is 21.8. The van der Waals surface area contributed by atoms with E-state index in [0.717, 1.165) is 26.2 Å². The number of allylic oxidation sites excluding steroid dienone is 2. The summed E-state index contributed by atoms with van der Waals surface area (Å²) in [5.41, 5.74) is 2.45. The van der Waals surface area contributed by atoms with E-state index in [-0.39, 0.29) is 29.0 Å². The van der Waals surface area contributed by atoms with Crippen molar-refractivity contribution in [1.82, 2.24) is 10.2 Å². The summed E-state index contributed by atoms with van der Waals surface area (Å²) in [5, 5.41) is 14.9. The molecule has 0 amide bonds. The number of benzene rings is 2. The fourth-order valence-electron chi connectivity index (χ4n) is 5.07. The third-order valence-electron chi connectivity index (χ3n) is 6.96. The van der Waals surface area contributed by atoms with E-state index in [1.165, 1.54) is 18.9 Å². The fourth-order valence-corrected chi connectivity index (χ4v) is 5.07. The molecule has 4 rings (SSSR count). The minimum atomic E-state index is -1.01. The highest BCUT2D eigenvalue weighted by Gasteiger charge is 2.40. The van der Waals surface area contributed by atoms with Gasteiger partial charge in [-0.05, 0) is 26.0 Å². The second-order valence-corrected chi connectivity index (χ2v) is 9.24. The molecule has 2 heterocycles. The number of piperazine rings is 1. The number of rotatable bonds is 8. The molecule has 200 valence electrons. The molecule has 38 heavy (non-hydrogen) atoms. The number of carbonyl (C=O) groups is 2. The van der Waals surface area contributed by atoms with Crippen LogP contribution < -0.4 is 10.2 Å². The molecule has 2 aromatic rings. The first-order valence-electron chi connectivity index (χ1n) is 12.5. The Bertz CT molecular complexity index is 1270. The average molecular weight is 521 g/mol. The van der Waals surface area contributed by atoms with Crippen LogP contribution in [0.1, 0.15) is 25.3 Å². The Morgan fingerprint density at radius 1 is 0.947 bits per heavy atom. The number of methoxy groups -OCH3 is 1.